The van der Waals surface area contributed by atoms with Gasteiger partial charge < -0.3 is 9.30 Å². The van der Waals surface area contributed by atoms with Gasteiger partial charge in [-0.25, -0.2) is 0 Å². The van der Waals surface area contributed by atoms with Gasteiger partial charge in [-0.3, -0.25) is 5.10 Å². The van der Waals surface area contributed by atoms with E-state index in [1.54, 1.807) is 0 Å². The molecule has 1 aliphatic rings. The van der Waals surface area contributed by atoms with Crippen LogP contribution < -0.4 is 0 Å². The second-order valence-corrected chi connectivity index (χ2v) is 6.10. The predicted molar refractivity (Wildman–Crippen MR) is 83.5 cm³/mol. The predicted octanol–water partition coefficient (Wildman–Crippen LogP) is 4.02. The van der Waals surface area contributed by atoms with Crippen molar-refractivity contribution < 1.29 is 4.74 Å². The molecule has 0 aliphatic carbocycles. The number of ether oxygens (including phenoxy) is 1. The zero-order chi connectivity index (χ0) is 14.2. The van der Waals surface area contributed by atoms with Crippen LogP contribution >= 0.6 is 12.2 Å². The van der Waals surface area contributed by atoms with E-state index in [0.29, 0.717) is 6.10 Å². The third-order valence-electron chi connectivity index (χ3n) is 4.00. The summed E-state index contributed by atoms with van der Waals surface area (Å²) in [4.78, 5) is 0. The molecular formula is C15H27N3OS. The molecule has 0 bridgehead atoms. The van der Waals surface area contributed by atoms with Gasteiger partial charge in [0.2, 0.25) is 0 Å². The number of unbranched alkanes of at least 4 members (excludes halogenated alkanes) is 5. The normalized spacial score (nSPS) is 18.8. The summed E-state index contributed by atoms with van der Waals surface area (Å²) in [6.07, 6.45) is 11.5. The van der Waals surface area contributed by atoms with Crippen LogP contribution in [0.25, 0.3) is 0 Å². The summed E-state index contributed by atoms with van der Waals surface area (Å²) in [5.41, 5.74) is 0. The van der Waals surface area contributed by atoms with Crippen LogP contribution in [0.15, 0.2) is 0 Å². The Kier molecular flexibility index (Phi) is 6.73. The highest BCUT2D eigenvalue weighted by molar-refractivity contribution is 7.71. The van der Waals surface area contributed by atoms with Crippen molar-refractivity contribution in [2.75, 3.05) is 6.61 Å². The fraction of sp³-hybridized carbons (Fsp3) is 0.867. The van der Waals surface area contributed by atoms with Gasteiger partial charge in [-0.1, -0.05) is 39.0 Å². The summed E-state index contributed by atoms with van der Waals surface area (Å²) in [5.74, 6) is 1.10. The third kappa shape index (κ3) is 4.70. The standard InChI is InChI=1S/C15H27N3OS/c1-2-3-4-5-6-7-10-14-16-17-15(20)18(14)12-13-9-8-11-19-13/h13H,2-12H2,1H3,(H,17,20)/t13-/m1/s1. The van der Waals surface area contributed by atoms with Crippen molar-refractivity contribution in [1.82, 2.24) is 14.8 Å². The van der Waals surface area contributed by atoms with Crippen molar-refractivity contribution in [3.8, 4) is 0 Å². The van der Waals surface area contributed by atoms with E-state index < -0.39 is 0 Å². The van der Waals surface area contributed by atoms with Gasteiger partial charge in [-0.15, -0.1) is 0 Å². The molecule has 1 N–H and O–H groups in total. The molecular weight excluding hydrogens is 270 g/mol. The molecule has 20 heavy (non-hydrogen) atoms. The van der Waals surface area contributed by atoms with Gasteiger partial charge in [0.25, 0.3) is 0 Å². The monoisotopic (exact) mass is 297 g/mol. The number of hydrogen-bond donors (Lipinski definition) is 1. The Bertz CT molecular complexity index is 435. The number of nitrogens with one attached hydrogen (secondary N) is 1. The molecule has 0 amide bonds. The molecule has 0 saturated carbocycles. The Morgan fingerprint density at radius 3 is 2.85 bits per heavy atom. The molecule has 1 fully saturated rings. The van der Waals surface area contributed by atoms with Crippen LogP contribution in [0, 0.1) is 4.77 Å². The fourth-order valence-electron chi connectivity index (χ4n) is 2.78. The van der Waals surface area contributed by atoms with Crippen molar-refractivity contribution >= 4 is 12.2 Å². The minimum Gasteiger partial charge on any atom is -0.376 e. The van der Waals surface area contributed by atoms with Crippen molar-refractivity contribution in [3.63, 3.8) is 0 Å². The van der Waals surface area contributed by atoms with Crippen molar-refractivity contribution in [3.05, 3.63) is 10.6 Å². The Morgan fingerprint density at radius 1 is 1.30 bits per heavy atom. The first-order chi connectivity index (χ1) is 9.81. The van der Waals surface area contributed by atoms with Crippen LogP contribution in [0.3, 0.4) is 0 Å². The summed E-state index contributed by atoms with van der Waals surface area (Å²) in [7, 11) is 0. The summed E-state index contributed by atoms with van der Waals surface area (Å²) >= 11 is 5.33. The lowest BCUT2D eigenvalue weighted by atomic mass is 10.1. The minimum absolute atomic E-state index is 0.322. The molecule has 0 unspecified atom stereocenters. The maximum Gasteiger partial charge on any atom is 0.195 e. The highest BCUT2D eigenvalue weighted by Crippen LogP contribution is 2.16. The zero-order valence-electron chi connectivity index (χ0n) is 12.6. The molecule has 2 rings (SSSR count). The van der Waals surface area contributed by atoms with Crippen LogP contribution in [-0.2, 0) is 17.7 Å². The summed E-state index contributed by atoms with van der Waals surface area (Å²) in [6, 6.07) is 0. The third-order valence-corrected chi connectivity index (χ3v) is 4.31. The topological polar surface area (TPSA) is 42.8 Å². The number of hydrogen-bond acceptors (Lipinski definition) is 3. The highest BCUT2D eigenvalue weighted by Gasteiger charge is 2.18. The van der Waals surface area contributed by atoms with Crippen LogP contribution in [0.5, 0.6) is 0 Å². The lowest BCUT2D eigenvalue weighted by molar-refractivity contribution is 0.0958. The molecule has 114 valence electrons. The number of aromatic nitrogens is 3. The molecule has 5 heteroatoms. The van der Waals surface area contributed by atoms with Crippen molar-refractivity contribution in [2.45, 2.75) is 77.4 Å². The fourth-order valence-corrected chi connectivity index (χ4v) is 3.01. The second-order valence-electron chi connectivity index (χ2n) is 5.71. The SMILES string of the molecule is CCCCCCCCc1n[nH]c(=S)n1C[C@H]1CCCO1. The largest absolute Gasteiger partial charge is 0.376 e. The van der Waals surface area contributed by atoms with Gasteiger partial charge in [0.1, 0.15) is 5.82 Å². The summed E-state index contributed by atoms with van der Waals surface area (Å²) in [6.45, 7) is 4.01. The highest BCUT2D eigenvalue weighted by atomic mass is 32.1. The molecule has 2 heterocycles. The molecule has 4 nitrogen and oxygen atoms in total. The molecule has 1 aliphatic heterocycles. The Balaban J connectivity index is 1.77. The maximum atomic E-state index is 5.70. The van der Waals surface area contributed by atoms with E-state index in [2.05, 4.69) is 21.7 Å². The molecule has 1 saturated heterocycles. The number of aryl methyl sites for hydroxylation is 1. The molecule has 0 spiro atoms. The minimum atomic E-state index is 0.322. The van der Waals surface area contributed by atoms with Gasteiger partial charge in [0.05, 0.1) is 12.6 Å². The number of nitrogens with zero attached hydrogens (tertiary/aromatic N) is 2. The zero-order valence-corrected chi connectivity index (χ0v) is 13.4. The van der Waals surface area contributed by atoms with Crippen LogP contribution in [0.4, 0.5) is 0 Å². The van der Waals surface area contributed by atoms with E-state index in [-0.39, 0.29) is 0 Å². The maximum absolute atomic E-state index is 5.70. The molecule has 1 atom stereocenters. The van der Waals surface area contributed by atoms with E-state index in [1.165, 1.54) is 44.9 Å². The quantitative estimate of drug-likeness (QED) is 0.553. The Hall–Kier alpha value is -0.680. The average molecular weight is 297 g/mol. The molecule has 0 radical (unpaired) electrons. The lowest BCUT2D eigenvalue weighted by Gasteiger charge is -2.12. The van der Waals surface area contributed by atoms with Gasteiger partial charge >= 0.3 is 0 Å². The smallest absolute Gasteiger partial charge is 0.195 e. The van der Waals surface area contributed by atoms with E-state index in [4.69, 9.17) is 17.0 Å². The van der Waals surface area contributed by atoms with Gasteiger partial charge in [-0.2, -0.15) is 5.10 Å². The molecule has 1 aromatic heterocycles. The molecule has 0 aromatic carbocycles. The number of rotatable bonds is 9. The van der Waals surface area contributed by atoms with Gasteiger partial charge in [0.15, 0.2) is 4.77 Å². The van der Waals surface area contributed by atoms with E-state index in [1.807, 2.05) is 0 Å². The van der Waals surface area contributed by atoms with Gasteiger partial charge in [0, 0.05) is 13.0 Å². The van der Waals surface area contributed by atoms with Crippen LogP contribution in [0.1, 0.15) is 64.1 Å². The second kappa shape index (κ2) is 8.57. The average Bonchev–Trinajstić information content (AvgIpc) is 3.07. The summed E-state index contributed by atoms with van der Waals surface area (Å²) < 4.78 is 8.57. The van der Waals surface area contributed by atoms with E-state index in [9.17, 15) is 0 Å². The van der Waals surface area contributed by atoms with Gasteiger partial charge in [-0.05, 0) is 31.5 Å². The van der Waals surface area contributed by atoms with Crippen molar-refractivity contribution in [2.24, 2.45) is 0 Å². The number of aromatic amines is 1. The molecule has 1 aromatic rings. The van der Waals surface area contributed by atoms with Crippen LogP contribution in [-0.4, -0.2) is 27.5 Å². The van der Waals surface area contributed by atoms with Crippen molar-refractivity contribution in [1.29, 1.82) is 0 Å². The Morgan fingerprint density at radius 2 is 2.10 bits per heavy atom. The first kappa shape index (κ1) is 15.7. The first-order valence-corrected chi connectivity index (χ1v) is 8.47. The van der Waals surface area contributed by atoms with E-state index >= 15 is 0 Å². The Labute approximate surface area is 126 Å². The first-order valence-electron chi connectivity index (χ1n) is 8.07. The van der Waals surface area contributed by atoms with E-state index in [0.717, 1.165) is 36.6 Å². The van der Waals surface area contributed by atoms with Crippen LogP contribution in [0.2, 0.25) is 0 Å². The lowest BCUT2D eigenvalue weighted by Crippen LogP contribution is -2.17. The number of H-pyrrole nitrogens is 1. The summed E-state index contributed by atoms with van der Waals surface area (Å²) in [5, 5.41) is 7.31.